The molecule has 0 fully saturated rings. The molecule has 2 aliphatic rings. The van der Waals surface area contributed by atoms with E-state index >= 15 is 0 Å². The highest BCUT2D eigenvalue weighted by atomic mass is 79.9. The average molecular weight is 315 g/mol. The lowest BCUT2D eigenvalue weighted by molar-refractivity contribution is 0.903. The maximum absolute atomic E-state index is 3.64. The molecule has 98 valence electrons. The van der Waals surface area contributed by atoms with E-state index in [4.69, 9.17) is 0 Å². The molecular formula is C18H19Br. The Morgan fingerprint density at radius 2 is 1.32 bits per heavy atom. The number of alkyl halides is 1. The van der Waals surface area contributed by atoms with Crippen LogP contribution in [-0.2, 0) is 19.3 Å². The molecule has 2 aliphatic carbocycles. The van der Waals surface area contributed by atoms with E-state index < -0.39 is 0 Å². The largest absolute Gasteiger partial charge is 0.0839 e. The molecule has 0 aromatic heterocycles. The van der Waals surface area contributed by atoms with Crippen LogP contribution in [0.1, 0.15) is 39.9 Å². The van der Waals surface area contributed by atoms with Crippen molar-refractivity contribution in [3.63, 3.8) is 0 Å². The van der Waals surface area contributed by atoms with E-state index in [1.807, 2.05) is 0 Å². The zero-order chi connectivity index (χ0) is 13.1. The van der Waals surface area contributed by atoms with Crippen molar-refractivity contribution in [2.24, 2.45) is 0 Å². The molecule has 0 radical (unpaired) electrons. The van der Waals surface area contributed by atoms with Crippen LogP contribution in [0.4, 0.5) is 0 Å². The van der Waals surface area contributed by atoms with E-state index in [0.717, 1.165) is 0 Å². The van der Waals surface area contributed by atoms with Crippen molar-refractivity contribution in [3.8, 4) is 0 Å². The highest BCUT2D eigenvalue weighted by Crippen LogP contribution is 2.36. The monoisotopic (exact) mass is 314 g/mol. The lowest BCUT2D eigenvalue weighted by atomic mass is 10.1. The predicted molar refractivity (Wildman–Crippen MR) is 84.9 cm³/mol. The van der Waals surface area contributed by atoms with Gasteiger partial charge in [0.2, 0.25) is 0 Å². The number of fused-ring (bicyclic) bond motifs is 2. The number of halogens is 1. The highest BCUT2D eigenvalue weighted by Gasteiger charge is 2.17. The van der Waals surface area contributed by atoms with Gasteiger partial charge in [-0.15, -0.1) is 0 Å². The van der Waals surface area contributed by atoms with Gasteiger partial charge < -0.3 is 0 Å². The van der Waals surface area contributed by atoms with E-state index in [-0.39, 0.29) is 0 Å². The normalized spacial score (nSPS) is 19.3. The molecule has 2 aromatic rings. The second-order valence-corrected chi connectivity index (χ2v) is 6.43. The summed E-state index contributed by atoms with van der Waals surface area (Å²) in [4.78, 5) is 0.615. The third-order valence-corrected chi connectivity index (χ3v) is 5.02. The van der Waals surface area contributed by atoms with Gasteiger partial charge in [0.1, 0.15) is 0 Å². The van der Waals surface area contributed by atoms with Crippen LogP contribution >= 0.6 is 15.9 Å². The molecule has 0 heterocycles. The summed E-state index contributed by atoms with van der Waals surface area (Å²) in [5, 5.41) is 0. The molecule has 0 saturated carbocycles. The van der Waals surface area contributed by atoms with Crippen LogP contribution in [0.3, 0.4) is 0 Å². The molecule has 4 rings (SSSR count). The first kappa shape index (κ1) is 12.9. The molecule has 0 N–H and O–H groups in total. The maximum atomic E-state index is 3.64. The second kappa shape index (κ2) is 5.92. The van der Waals surface area contributed by atoms with Gasteiger partial charge in [0.05, 0.1) is 0 Å². The Labute approximate surface area is 124 Å². The third kappa shape index (κ3) is 2.92. The van der Waals surface area contributed by atoms with Crippen molar-refractivity contribution >= 4 is 15.9 Å². The van der Waals surface area contributed by atoms with Gasteiger partial charge in [-0.1, -0.05) is 64.5 Å². The summed E-state index contributed by atoms with van der Waals surface area (Å²) in [7, 11) is 0. The molecule has 0 amide bonds. The molecular weight excluding hydrogens is 296 g/mol. The van der Waals surface area contributed by atoms with Gasteiger partial charge in [-0.2, -0.15) is 0 Å². The Morgan fingerprint density at radius 3 is 1.95 bits per heavy atom. The molecule has 0 aliphatic heterocycles. The SMILES string of the molecule is BrC1CCc2ccccc21.c1ccc2c(c1)CCC2. The van der Waals surface area contributed by atoms with Crippen molar-refractivity contribution in [2.45, 2.75) is 36.9 Å². The van der Waals surface area contributed by atoms with E-state index in [1.165, 1.54) is 43.2 Å². The minimum Gasteiger partial charge on any atom is -0.0839 e. The van der Waals surface area contributed by atoms with E-state index in [9.17, 15) is 0 Å². The van der Waals surface area contributed by atoms with Crippen molar-refractivity contribution in [1.82, 2.24) is 0 Å². The predicted octanol–water partition coefficient (Wildman–Crippen LogP) is 5.24. The Hall–Kier alpha value is -1.08. The van der Waals surface area contributed by atoms with Crippen LogP contribution in [-0.4, -0.2) is 0 Å². The summed E-state index contributed by atoms with van der Waals surface area (Å²) in [6.45, 7) is 0. The van der Waals surface area contributed by atoms with Crippen LogP contribution in [0.25, 0.3) is 0 Å². The quantitative estimate of drug-likeness (QED) is 0.583. The van der Waals surface area contributed by atoms with Gasteiger partial charge in [0.25, 0.3) is 0 Å². The number of hydrogen-bond donors (Lipinski definition) is 0. The lowest BCUT2D eigenvalue weighted by Crippen LogP contribution is -1.80. The minimum absolute atomic E-state index is 0.615. The topological polar surface area (TPSA) is 0 Å². The summed E-state index contributed by atoms with van der Waals surface area (Å²) >= 11 is 3.64. The van der Waals surface area contributed by atoms with Crippen LogP contribution in [0.15, 0.2) is 48.5 Å². The van der Waals surface area contributed by atoms with Crippen molar-refractivity contribution in [1.29, 1.82) is 0 Å². The van der Waals surface area contributed by atoms with Gasteiger partial charge in [0.15, 0.2) is 0 Å². The minimum atomic E-state index is 0.615. The first-order chi connectivity index (χ1) is 9.34. The van der Waals surface area contributed by atoms with Crippen LogP contribution in [0.5, 0.6) is 0 Å². The van der Waals surface area contributed by atoms with Gasteiger partial charge >= 0.3 is 0 Å². The van der Waals surface area contributed by atoms with E-state index in [2.05, 4.69) is 64.5 Å². The molecule has 0 spiro atoms. The third-order valence-electron chi connectivity index (χ3n) is 4.07. The summed E-state index contributed by atoms with van der Waals surface area (Å²) in [6.07, 6.45) is 6.47. The summed E-state index contributed by atoms with van der Waals surface area (Å²) in [6, 6.07) is 17.4. The Balaban J connectivity index is 0.000000117. The number of rotatable bonds is 0. The van der Waals surface area contributed by atoms with Crippen molar-refractivity contribution < 1.29 is 0 Å². The van der Waals surface area contributed by atoms with E-state index in [0.29, 0.717) is 4.83 Å². The lowest BCUT2D eigenvalue weighted by Gasteiger charge is -1.99. The Morgan fingerprint density at radius 1 is 0.737 bits per heavy atom. The maximum Gasteiger partial charge on any atom is 0.0401 e. The van der Waals surface area contributed by atoms with Crippen LogP contribution in [0.2, 0.25) is 0 Å². The Kier molecular flexibility index (Phi) is 4.03. The van der Waals surface area contributed by atoms with Gasteiger partial charge in [0, 0.05) is 4.83 Å². The molecule has 1 heteroatoms. The van der Waals surface area contributed by atoms with Crippen LogP contribution in [0, 0.1) is 0 Å². The highest BCUT2D eigenvalue weighted by molar-refractivity contribution is 9.09. The first-order valence-electron chi connectivity index (χ1n) is 7.13. The fourth-order valence-corrected chi connectivity index (χ4v) is 3.70. The fraction of sp³-hybridized carbons (Fsp3) is 0.333. The van der Waals surface area contributed by atoms with Gasteiger partial charge in [-0.05, 0) is 54.4 Å². The fourth-order valence-electron chi connectivity index (χ4n) is 3.02. The van der Waals surface area contributed by atoms with Crippen LogP contribution < -0.4 is 0 Å². The molecule has 1 atom stereocenters. The summed E-state index contributed by atoms with van der Waals surface area (Å²) in [5.74, 6) is 0. The first-order valence-corrected chi connectivity index (χ1v) is 8.05. The average Bonchev–Trinajstić information content (AvgIpc) is 3.07. The molecule has 19 heavy (non-hydrogen) atoms. The van der Waals surface area contributed by atoms with Crippen molar-refractivity contribution in [3.05, 3.63) is 70.8 Å². The molecule has 0 bridgehead atoms. The number of aryl methyl sites for hydroxylation is 3. The molecule has 2 aromatic carbocycles. The number of benzene rings is 2. The van der Waals surface area contributed by atoms with Crippen molar-refractivity contribution in [2.75, 3.05) is 0 Å². The van der Waals surface area contributed by atoms with E-state index in [1.54, 1.807) is 11.1 Å². The molecule has 1 unspecified atom stereocenters. The Bertz CT molecular complexity index is 536. The smallest absolute Gasteiger partial charge is 0.0401 e. The van der Waals surface area contributed by atoms with Gasteiger partial charge in [-0.3, -0.25) is 0 Å². The summed E-state index contributed by atoms with van der Waals surface area (Å²) < 4.78 is 0. The molecule has 0 nitrogen and oxygen atoms in total. The standard InChI is InChI=1S/C9H9Br.C9H10/c10-9-6-5-7-3-1-2-4-8(7)9;1-2-5-9-7-3-6-8(9)4-1/h1-4,9H,5-6H2;1-2,4-5H,3,6-7H2. The van der Waals surface area contributed by atoms with Gasteiger partial charge in [-0.25, -0.2) is 0 Å². The molecule has 0 saturated heterocycles. The zero-order valence-electron chi connectivity index (χ0n) is 11.1. The second-order valence-electron chi connectivity index (χ2n) is 5.33. The zero-order valence-corrected chi connectivity index (χ0v) is 12.7. The summed E-state index contributed by atoms with van der Waals surface area (Å²) in [5.41, 5.74) is 6.14. The number of hydrogen-bond acceptors (Lipinski definition) is 0.